The zero-order valence-electron chi connectivity index (χ0n) is 47.8. The second-order valence-electron chi connectivity index (χ2n) is 27.2. The third-order valence-electron chi connectivity index (χ3n) is 16.8. The highest BCUT2D eigenvalue weighted by Crippen LogP contribution is 2.51. The average Bonchev–Trinajstić information content (AvgIpc) is 4.08. The van der Waals surface area contributed by atoms with Crippen molar-refractivity contribution in [2.75, 3.05) is 9.80 Å². The molecule has 0 radical (unpaired) electrons. The van der Waals surface area contributed by atoms with Crippen LogP contribution in [0.4, 0.5) is 34.1 Å². The molecule has 0 bridgehead atoms. The van der Waals surface area contributed by atoms with Gasteiger partial charge >= 0.3 is 0 Å². The van der Waals surface area contributed by atoms with Gasteiger partial charge in [0.15, 0.2) is 0 Å². The van der Waals surface area contributed by atoms with Crippen molar-refractivity contribution in [3.05, 3.63) is 186 Å². The number of anilines is 6. The minimum absolute atomic E-state index is 0.0132. The molecular weight excluding hydrogens is 938 g/mol. The summed E-state index contributed by atoms with van der Waals surface area (Å²) in [5, 5.41) is 3.87. The Labute approximate surface area is 457 Å². The minimum atomic E-state index is -0.0660. The lowest BCUT2D eigenvalue weighted by molar-refractivity contribution is 0.569. The van der Waals surface area contributed by atoms with E-state index in [9.17, 15) is 0 Å². The molecule has 0 saturated heterocycles. The van der Waals surface area contributed by atoms with Gasteiger partial charge in [-0.1, -0.05) is 189 Å². The van der Waals surface area contributed by atoms with Gasteiger partial charge in [0.2, 0.25) is 0 Å². The van der Waals surface area contributed by atoms with Crippen LogP contribution in [0, 0.1) is 0 Å². The zero-order valence-corrected chi connectivity index (χ0v) is 48.7. The molecule has 0 fully saturated rings. The summed E-state index contributed by atoms with van der Waals surface area (Å²) in [5.41, 5.74) is 24.1. The molecule has 0 atom stereocenters. The summed E-state index contributed by atoms with van der Waals surface area (Å²) in [5.74, 6) is 0. The van der Waals surface area contributed by atoms with E-state index in [1.807, 2.05) is 11.3 Å². The monoisotopic (exact) mass is 1010 g/mol. The van der Waals surface area contributed by atoms with Crippen LogP contribution >= 0.6 is 11.3 Å². The number of hydrogen-bond acceptors (Lipinski definition) is 3. The Morgan fingerprint density at radius 1 is 0.382 bits per heavy atom. The molecule has 0 aliphatic carbocycles. The summed E-state index contributed by atoms with van der Waals surface area (Å²) in [4.78, 5) is 5.25. The predicted octanol–water partition coefficient (Wildman–Crippen LogP) is 18.5. The van der Waals surface area contributed by atoms with Crippen molar-refractivity contribution in [1.82, 2.24) is 4.57 Å². The van der Waals surface area contributed by atoms with Gasteiger partial charge in [-0.2, -0.15) is 0 Å². The average molecular weight is 1010 g/mol. The Kier molecular flexibility index (Phi) is 11.3. The number of aryl methyl sites for hydroxylation is 1. The van der Waals surface area contributed by atoms with Crippen molar-refractivity contribution >= 4 is 99.8 Å². The molecule has 0 unspecified atom stereocenters. The molecule has 3 nitrogen and oxygen atoms in total. The molecular formula is C71H74BN3S. The standard InChI is InChI=1S/C71H74BN3S/c1-67(2,3)46-26-30-51(31-27-46)74-61-22-19-23-62-64(61)72(66-65(74)55-42-48(69(7,8)9)29-35-63(55)76-66)56-39-43(45-36-49(70(10,11)12)40-50(37-45)71(13,14)15)24-33-60(56)75(62)59-34-28-47(68(4,5)6)41-53(59)44-25-32-58-54(38-44)52-20-17-18-21-57(52)73(58)16/h17-42H,1-16H3. The van der Waals surface area contributed by atoms with Crippen LogP contribution in [-0.4, -0.2) is 11.3 Å². The lowest BCUT2D eigenvalue weighted by Crippen LogP contribution is -2.60. The highest BCUT2D eigenvalue weighted by molar-refractivity contribution is 7.33. The molecule has 382 valence electrons. The predicted molar refractivity (Wildman–Crippen MR) is 334 cm³/mol. The number of rotatable bonds is 4. The molecule has 8 aromatic carbocycles. The molecule has 2 aliphatic heterocycles. The lowest BCUT2D eigenvalue weighted by atomic mass is 9.36. The summed E-state index contributed by atoms with van der Waals surface area (Å²) in [6.07, 6.45) is 0. The fourth-order valence-electron chi connectivity index (χ4n) is 12.1. The van der Waals surface area contributed by atoms with E-state index < -0.39 is 0 Å². The smallest absolute Gasteiger partial charge is 0.264 e. The van der Waals surface area contributed by atoms with Gasteiger partial charge in [-0.3, -0.25) is 0 Å². The van der Waals surface area contributed by atoms with E-state index in [4.69, 9.17) is 0 Å². The van der Waals surface area contributed by atoms with Crippen molar-refractivity contribution in [2.24, 2.45) is 7.05 Å². The number of nitrogens with zero attached hydrogens (tertiary/aromatic N) is 3. The minimum Gasteiger partial charge on any atom is -0.344 e. The van der Waals surface area contributed by atoms with Crippen LogP contribution in [0.2, 0.25) is 0 Å². The zero-order chi connectivity index (χ0) is 53.8. The van der Waals surface area contributed by atoms with Crippen LogP contribution in [0.1, 0.15) is 132 Å². The Morgan fingerprint density at radius 2 is 0.947 bits per heavy atom. The van der Waals surface area contributed by atoms with E-state index in [1.54, 1.807) is 0 Å². The normalized spacial score (nSPS) is 14.0. The summed E-state index contributed by atoms with van der Waals surface area (Å²) < 4.78 is 5.05. The molecule has 5 heteroatoms. The van der Waals surface area contributed by atoms with Crippen LogP contribution in [-0.2, 0) is 34.1 Å². The van der Waals surface area contributed by atoms with Crippen molar-refractivity contribution in [1.29, 1.82) is 0 Å². The van der Waals surface area contributed by atoms with E-state index in [2.05, 4.69) is 283 Å². The van der Waals surface area contributed by atoms with Crippen LogP contribution < -0.4 is 25.5 Å². The molecule has 2 aromatic heterocycles. The SMILES string of the molecule is Cn1c2ccccc2c2cc(-c3cc(C(C)(C)C)ccc3N3c4ccc(-c5cc(C(C)(C)C)cc(C(C)(C)C)c5)cc4B4c5sc6ccc(C(C)(C)C)cc6c5N(c5ccc(C(C)(C)C)cc5)c5cccc3c54)ccc21. The summed E-state index contributed by atoms with van der Waals surface area (Å²) in [6.45, 7) is 35.0. The summed E-state index contributed by atoms with van der Waals surface area (Å²) >= 11 is 1.98. The Hall–Kier alpha value is -6.82. The van der Waals surface area contributed by atoms with Crippen LogP contribution in [0.15, 0.2) is 158 Å². The van der Waals surface area contributed by atoms with Crippen LogP contribution in [0.3, 0.4) is 0 Å². The maximum absolute atomic E-state index is 2.63. The molecule has 4 heterocycles. The third kappa shape index (κ3) is 8.14. The van der Waals surface area contributed by atoms with Crippen molar-refractivity contribution in [2.45, 2.75) is 131 Å². The van der Waals surface area contributed by atoms with Gasteiger partial charge in [-0.15, -0.1) is 11.3 Å². The Morgan fingerprint density at radius 3 is 1.61 bits per heavy atom. The molecule has 0 saturated carbocycles. The molecule has 12 rings (SSSR count). The van der Waals surface area contributed by atoms with Crippen molar-refractivity contribution in [3.63, 3.8) is 0 Å². The van der Waals surface area contributed by atoms with Gasteiger partial charge in [0.1, 0.15) is 0 Å². The molecule has 2 aliphatic rings. The van der Waals surface area contributed by atoms with E-state index in [0.29, 0.717) is 0 Å². The first-order chi connectivity index (χ1) is 35.8. The van der Waals surface area contributed by atoms with Gasteiger partial charge in [0, 0.05) is 72.0 Å². The van der Waals surface area contributed by atoms with Gasteiger partial charge in [-0.05, 0) is 155 Å². The Balaban J connectivity index is 1.18. The molecule has 76 heavy (non-hydrogen) atoms. The summed E-state index contributed by atoms with van der Waals surface area (Å²) in [7, 11) is 2.20. The van der Waals surface area contributed by atoms with Crippen LogP contribution in [0.5, 0.6) is 0 Å². The highest BCUT2D eigenvalue weighted by Gasteiger charge is 2.46. The van der Waals surface area contributed by atoms with Gasteiger partial charge in [-0.25, -0.2) is 0 Å². The van der Waals surface area contributed by atoms with Gasteiger partial charge < -0.3 is 14.4 Å². The maximum atomic E-state index is 2.63. The lowest BCUT2D eigenvalue weighted by Gasteiger charge is -2.43. The first-order valence-corrected chi connectivity index (χ1v) is 28.4. The number of benzene rings is 8. The molecule has 0 amide bonds. The topological polar surface area (TPSA) is 11.4 Å². The fraction of sp³-hybridized carbons (Fsp3) is 0.296. The first kappa shape index (κ1) is 50.0. The van der Waals surface area contributed by atoms with Gasteiger partial charge in [0.25, 0.3) is 6.71 Å². The third-order valence-corrected chi connectivity index (χ3v) is 18.0. The molecule has 0 spiro atoms. The van der Waals surface area contributed by atoms with Gasteiger partial charge in [0.05, 0.1) is 11.4 Å². The second-order valence-corrected chi connectivity index (χ2v) is 28.3. The maximum Gasteiger partial charge on any atom is 0.264 e. The van der Waals surface area contributed by atoms with Crippen molar-refractivity contribution < 1.29 is 0 Å². The first-order valence-electron chi connectivity index (χ1n) is 27.6. The summed E-state index contributed by atoms with van der Waals surface area (Å²) in [6, 6.07) is 61.9. The number of aromatic nitrogens is 1. The number of hydrogen-bond donors (Lipinski definition) is 0. The largest absolute Gasteiger partial charge is 0.344 e. The quantitative estimate of drug-likeness (QED) is 0.163. The molecule has 0 N–H and O–H groups in total. The van der Waals surface area contributed by atoms with Crippen molar-refractivity contribution in [3.8, 4) is 22.3 Å². The van der Waals surface area contributed by atoms with E-state index in [-0.39, 0.29) is 33.8 Å². The fourth-order valence-corrected chi connectivity index (χ4v) is 13.4. The number of para-hydroxylation sites is 1. The second kappa shape index (κ2) is 17.1. The van der Waals surface area contributed by atoms with E-state index >= 15 is 0 Å². The van der Waals surface area contributed by atoms with E-state index in [0.717, 1.165) is 0 Å². The number of thiophene rings is 1. The Bertz CT molecular complexity index is 3950. The highest BCUT2D eigenvalue weighted by atomic mass is 32.1. The number of fused-ring (bicyclic) bond motifs is 9. The van der Waals surface area contributed by atoms with E-state index in [1.165, 1.54) is 132 Å². The molecule has 10 aromatic rings. The van der Waals surface area contributed by atoms with Crippen LogP contribution in [0.25, 0.3) is 54.1 Å².